The first-order chi connectivity index (χ1) is 14.8. The largest absolute Gasteiger partial charge is 0.495 e. The van der Waals surface area contributed by atoms with E-state index in [0.29, 0.717) is 21.6 Å². The fourth-order valence-electron chi connectivity index (χ4n) is 3.64. The summed E-state index contributed by atoms with van der Waals surface area (Å²) in [4.78, 5) is 32.3. The molecule has 0 radical (unpaired) electrons. The molecule has 0 aromatic heterocycles. The Morgan fingerprint density at radius 3 is 2.58 bits per heavy atom. The maximum absolute atomic E-state index is 13.1. The number of ether oxygens (including phenoxy) is 1. The van der Waals surface area contributed by atoms with Gasteiger partial charge >= 0.3 is 0 Å². The molecule has 2 aromatic rings. The van der Waals surface area contributed by atoms with Crippen LogP contribution in [0.25, 0.3) is 0 Å². The minimum Gasteiger partial charge on any atom is -0.495 e. The zero-order valence-electron chi connectivity index (χ0n) is 17.6. The Hall–Kier alpha value is -2.51. The Morgan fingerprint density at radius 1 is 1.23 bits per heavy atom. The van der Waals surface area contributed by atoms with Crippen LogP contribution in [0, 0.1) is 13.8 Å². The van der Waals surface area contributed by atoms with Crippen molar-refractivity contribution in [1.29, 1.82) is 0 Å². The summed E-state index contributed by atoms with van der Waals surface area (Å²) in [5.41, 5.74) is 3.56. The Labute approximate surface area is 191 Å². The number of carbonyl (C=O) groups is 2. The van der Waals surface area contributed by atoms with Gasteiger partial charge in [0.25, 0.3) is 0 Å². The third kappa shape index (κ3) is 5.05. The molecule has 1 aliphatic heterocycles. The van der Waals surface area contributed by atoms with Gasteiger partial charge in [-0.15, -0.1) is 0 Å². The first-order valence-corrected chi connectivity index (χ1v) is 11.4. The lowest BCUT2D eigenvalue weighted by Crippen LogP contribution is -2.35. The van der Waals surface area contributed by atoms with Crippen LogP contribution in [0.1, 0.15) is 30.4 Å². The third-order valence-corrected chi connectivity index (χ3v) is 6.50. The van der Waals surface area contributed by atoms with Crippen molar-refractivity contribution in [1.82, 2.24) is 4.90 Å². The second-order valence-corrected chi connectivity index (χ2v) is 9.49. The highest BCUT2D eigenvalue weighted by molar-refractivity contribution is 8.15. The number of amides is 2. The van der Waals surface area contributed by atoms with Gasteiger partial charge in [-0.25, -0.2) is 4.99 Å². The van der Waals surface area contributed by atoms with Gasteiger partial charge in [-0.1, -0.05) is 29.4 Å². The Bertz CT molecular complexity index is 1050. The van der Waals surface area contributed by atoms with Crippen LogP contribution in [0.15, 0.2) is 41.4 Å². The SMILES string of the molecule is COc1ccc(Cl)cc1NC(=O)CC1SC(=Nc2cc(C)cc(C)c2)N(C2CC2)C1=O. The molecule has 8 heteroatoms. The fraction of sp³-hybridized carbons (Fsp3) is 0.348. The normalized spacial score (nSPS) is 19.7. The lowest BCUT2D eigenvalue weighted by atomic mass is 10.1. The number of nitrogens with one attached hydrogen (secondary N) is 1. The summed E-state index contributed by atoms with van der Waals surface area (Å²) in [5.74, 6) is 0.193. The van der Waals surface area contributed by atoms with E-state index in [1.165, 1.54) is 18.9 Å². The van der Waals surface area contributed by atoms with E-state index in [2.05, 4.69) is 11.4 Å². The minimum atomic E-state index is -0.504. The van der Waals surface area contributed by atoms with Gasteiger partial charge in [-0.2, -0.15) is 0 Å². The molecule has 4 rings (SSSR count). The highest BCUT2D eigenvalue weighted by atomic mass is 35.5. The number of amidine groups is 1. The van der Waals surface area contributed by atoms with Gasteiger partial charge in [-0.05, 0) is 68.1 Å². The van der Waals surface area contributed by atoms with Crippen molar-refractivity contribution in [2.45, 2.75) is 44.4 Å². The van der Waals surface area contributed by atoms with E-state index in [4.69, 9.17) is 21.3 Å². The number of nitrogens with zero attached hydrogens (tertiary/aromatic N) is 2. The predicted octanol–water partition coefficient (Wildman–Crippen LogP) is 5.09. The molecule has 1 saturated heterocycles. The van der Waals surface area contributed by atoms with Gasteiger partial charge < -0.3 is 10.1 Å². The molecule has 1 heterocycles. The van der Waals surface area contributed by atoms with Crippen molar-refractivity contribution >= 4 is 51.7 Å². The molecule has 2 fully saturated rings. The number of halogens is 1. The van der Waals surface area contributed by atoms with Crippen LogP contribution < -0.4 is 10.1 Å². The van der Waals surface area contributed by atoms with Crippen molar-refractivity contribution in [3.05, 3.63) is 52.5 Å². The molecule has 1 N–H and O–H groups in total. The molecule has 1 atom stereocenters. The summed E-state index contributed by atoms with van der Waals surface area (Å²) >= 11 is 7.40. The Kier molecular flexibility index (Phi) is 6.25. The number of aryl methyl sites for hydroxylation is 2. The van der Waals surface area contributed by atoms with E-state index in [-0.39, 0.29) is 24.3 Å². The molecule has 6 nitrogen and oxygen atoms in total. The summed E-state index contributed by atoms with van der Waals surface area (Å²) in [6.07, 6.45) is 1.99. The van der Waals surface area contributed by atoms with E-state index in [1.54, 1.807) is 23.1 Å². The third-order valence-electron chi connectivity index (χ3n) is 5.12. The van der Waals surface area contributed by atoms with Crippen LogP contribution in [0.3, 0.4) is 0 Å². The first-order valence-electron chi connectivity index (χ1n) is 10.1. The summed E-state index contributed by atoms with van der Waals surface area (Å²) in [6, 6.07) is 11.3. The van der Waals surface area contributed by atoms with Crippen LogP contribution in [0.2, 0.25) is 5.02 Å². The molecule has 0 spiro atoms. The van der Waals surface area contributed by atoms with Gasteiger partial charge in [-0.3, -0.25) is 14.5 Å². The molecule has 1 unspecified atom stereocenters. The predicted molar refractivity (Wildman–Crippen MR) is 126 cm³/mol. The van der Waals surface area contributed by atoms with Crippen molar-refractivity contribution in [2.24, 2.45) is 4.99 Å². The zero-order valence-corrected chi connectivity index (χ0v) is 19.2. The van der Waals surface area contributed by atoms with Crippen LogP contribution >= 0.6 is 23.4 Å². The number of rotatable bonds is 6. The number of thioether (sulfide) groups is 1. The second kappa shape index (κ2) is 8.93. The van der Waals surface area contributed by atoms with E-state index in [0.717, 1.165) is 29.7 Å². The molecule has 0 bridgehead atoms. The summed E-state index contributed by atoms with van der Waals surface area (Å²) in [6.45, 7) is 4.05. The maximum Gasteiger partial charge on any atom is 0.242 e. The number of methoxy groups -OCH3 is 1. The van der Waals surface area contributed by atoms with E-state index in [9.17, 15) is 9.59 Å². The molecule has 2 amide bonds. The molecule has 1 aliphatic carbocycles. The number of hydrogen-bond donors (Lipinski definition) is 1. The van der Waals surface area contributed by atoms with Crippen LogP contribution in [-0.4, -0.2) is 40.3 Å². The molecular weight excluding hydrogens is 434 g/mol. The topological polar surface area (TPSA) is 71.0 Å². The molecule has 1 saturated carbocycles. The standard InChI is InChI=1S/C23H24ClN3O3S/c1-13-8-14(2)10-16(9-13)25-23-27(17-5-6-17)22(29)20(31-23)12-21(28)26-18-11-15(24)4-7-19(18)30-3/h4,7-11,17,20H,5-6,12H2,1-3H3,(H,26,28). The first kappa shape index (κ1) is 21.7. The molecule has 2 aromatic carbocycles. The maximum atomic E-state index is 13.1. The number of hydrogen-bond acceptors (Lipinski definition) is 5. The summed E-state index contributed by atoms with van der Waals surface area (Å²) in [7, 11) is 1.53. The molecule has 162 valence electrons. The van der Waals surface area contributed by atoms with Gasteiger partial charge in [0.05, 0.1) is 18.5 Å². The van der Waals surface area contributed by atoms with E-state index >= 15 is 0 Å². The van der Waals surface area contributed by atoms with Gasteiger partial charge in [0.1, 0.15) is 11.0 Å². The number of aliphatic imine (C=N–C) groups is 1. The number of carbonyl (C=O) groups excluding carboxylic acids is 2. The average Bonchev–Trinajstić information content (AvgIpc) is 3.47. The second-order valence-electron chi connectivity index (χ2n) is 7.88. The zero-order chi connectivity index (χ0) is 22.1. The Balaban J connectivity index is 1.52. The van der Waals surface area contributed by atoms with Crippen molar-refractivity contribution in [3.63, 3.8) is 0 Å². The monoisotopic (exact) mass is 457 g/mol. The number of benzene rings is 2. The minimum absolute atomic E-state index is 0.0499. The smallest absolute Gasteiger partial charge is 0.242 e. The summed E-state index contributed by atoms with van der Waals surface area (Å²) < 4.78 is 5.28. The van der Waals surface area contributed by atoms with Crippen molar-refractivity contribution in [3.8, 4) is 5.75 Å². The van der Waals surface area contributed by atoms with Gasteiger partial charge in [0, 0.05) is 17.5 Å². The van der Waals surface area contributed by atoms with Gasteiger partial charge in [0.2, 0.25) is 11.8 Å². The van der Waals surface area contributed by atoms with Crippen LogP contribution in [0.5, 0.6) is 5.75 Å². The van der Waals surface area contributed by atoms with Crippen molar-refractivity contribution < 1.29 is 14.3 Å². The average molecular weight is 458 g/mol. The fourth-order valence-corrected chi connectivity index (χ4v) is 5.02. The molecule has 2 aliphatic rings. The van der Waals surface area contributed by atoms with Crippen LogP contribution in [-0.2, 0) is 9.59 Å². The molecular formula is C23H24ClN3O3S. The van der Waals surface area contributed by atoms with Crippen LogP contribution in [0.4, 0.5) is 11.4 Å². The highest BCUT2D eigenvalue weighted by Crippen LogP contribution is 2.40. The van der Waals surface area contributed by atoms with Crippen molar-refractivity contribution in [2.75, 3.05) is 12.4 Å². The summed E-state index contributed by atoms with van der Waals surface area (Å²) in [5, 5.41) is 3.48. The van der Waals surface area contributed by atoms with Gasteiger partial charge in [0.15, 0.2) is 5.17 Å². The quantitative estimate of drug-likeness (QED) is 0.656. The number of anilines is 1. The van der Waals surface area contributed by atoms with E-state index in [1.807, 2.05) is 26.0 Å². The lowest BCUT2D eigenvalue weighted by Gasteiger charge is -2.15. The Morgan fingerprint density at radius 2 is 1.94 bits per heavy atom. The van der Waals surface area contributed by atoms with E-state index < -0.39 is 5.25 Å². The molecule has 31 heavy (non-hydrogen) atoms. The highest BCUT2D eigenvalue weighted by Gasteiger charge is 2.46. The lowest BCUT2D eigenvalue weighted by molar-refractivity contribution is -0.128.